The van der Waals surface area contributed by atoms with Crippen LogP contribution in [-0.4, -0.2) is 52.9 Å². The summed E-state index contributed by atoms with van der Waals surface area (Å²) in [7, 11) is 1.77. The number of amides is 2. The summed E-state index contributed by atoms with van der Waals surface area (Å²) in [6.45, 7) is 4.07. The van der Waals surface area contributed by atoms with Gasteiger partial charge >= 0.3 is 0 Å². The maximum atomic E-state index is 12.5. The molecule has 1 aliphatic heterocycles. The Morgan fingerprint density at radius 3 is 2.84 bits per heavy atom. The van der Waals surface area contributed by atoms with Gasteiger partial charge in [0.1, 0.15) is 12.2 Å². The summed E-state index contributed by atoms with van der Waals surface area (Å²) in [5, 5.41) is 0. The lowest BCUT2D eigenvalue weighted by atomic mass is 10.3. The van der Waals surface area contributed by atoms with Gasteiger partial charge in [0.15, 0.2) is 0 Å². The lowest BCUT2D eigenvalue weighted by Crippen LogP contribution is -2.38. The van der Waals surface area contributed by atoms with Gasteiger partial charge in [-0.05, 0) is 19.4 Å². The van der Waals surface area contributed by atoms with E-state index in [0.29, 0.717) is 31.0 Å². The molecule has 2 rings (SSSR count). The standard InChI is InChI=1S/C13H20N4O2/c1-3-16-8-10(14)7-11(16)13(19)17-6-4-5-15(2)12(18)9-17/h7-8H,3-6,9,14H2,1-2H3. The molecule has 0 unspecified atom stereocenters. The van der Waals surface area contributed by atoms with Crippen LogP contribution in [0.2, 0.25) is 0 Å². The van der Waals surface area contributed by atoms with E-state index in [1.165, 1.54) is 0 Å². The van der Waals surface area contributed by atoms with Crippen molar-refractivity contribution in [2.75, 3.05) is 32.4 Å². The number of rotatable bonds is 2. The summed E-state index contributed by atoms with van der Waals surface area (Å²) < 4.78 is 1.82. The molecular weight excluding hydrogens is 244 g/mol. The summed E-state index contributed by atoms with van der Waals surface area (Å²) in [4.78, 5) is 27.6. The molecule has 0 spiro atoms. The number of nitrogens with two attached hydrogens (primary N) is 1. The molecule has 1 fully saturated rings. The zero-order chi connectivity index (χ0) is 14.0. The zero-order valence-electron chi connectivity index (χ0n) is 11.4. The first-order chi connectivity index (χ1) is 9.02. The third-order valence-corrected chi connectivity index (χ3v) is 3.44. The quantitative estimate of drug-likeness (QED) is 0.840. The highest BCUT2D eigenvalue weighted by Crippen LogP contribution is 2.14. The highest BCUT2D eigenvalue weighted by molar-refractivity contribution is 5.96. The molecule has 0 aromatic carbocycles. The Morgan fingerprint density at radius 1 is 1.42 bits per heavy atom. The van der Waals surface area contributed by atoms with Crippen molar-refractivity contribution in [3.63, 3.8) is 0 Å². The molecule has 2 amide bonds. The van der Waals surface area contributed by atoms with Crippen molar-refractivity contribution in [3.05, 3.63) is 18.0 Å². The number of aromatic nitrogens is 1. The van der Waals surface area contributed by atoms with Crippen LogP contribution in [0.25, 0.3) is 0 Å². The first kappa shape index (κ1) is 13.5. The Labute approximate surface area is 112 Å². The number of nitrogen functional groups attached to an aromatic ring is 1. The maximum absolute atomic E-state index is 12.5. The highest BCUT2D eigenvalue weighted by atomic mass is 16.2. The van der Waals surface area contributed by atoms with E-state index in [-0.39, 0.29) is 18.4 Å². The second kappa shape index (κ2) is 5.34. The van der Waals surface area contributed by atoms with Crippen molar-refractivity contribution < 1.29 is 9.59 Å². The third-order valence-electron chi connectivity index (χ3n) is 3.44. The van der Waals surface area contributed by atoms with Crippen molar-refractivity contribution in [3.8, 4) is 0 Å². The average Bonchev–Trinajstić information content (AvgIpc) is 2.68. The van der Waals surface area contributed by atoms with Crippen LogP contribution in [-0.2, 0) is 11.3 Å². The number of hydrogen-bond donors (Lipinski definition) is 1. The average molecular weight is 264 g/mol. The minimum Gasteiger partial charge on any atom is -0.397 e. The number of carbonyl (C=O) groups is 2. The second-order valence-electron chi connectivity index (χ2n) is 4.84. The molecule has 0 bridgehead atoms. The number of likely N-dealkylation sites (N-methyl/N-ethyl adjacent to an activating group) is 1. The highest BCUT2D eigenvalue weighted by Gasteiger charge is 2.25. The first-order valence-corrected chi connectivity index (χ1v) is 6.51. The van der Waals surface area contributed by atoms with Crippen LogP contribution in [0.3, 0.4) is 0 Å². The first-order valence-electron chi connectivity index (χ1n) is 6.51. The largest absolute Gasteiger partial charge is 0.397 e. The van der Waals surface area contributed by atoms with Crippen molar-refractivity contribution in [2.45, 2.75) is 19.9 Å². The van der Waals surface area contributed by atoms with E-state index in [1.54, 1.807) is 29.1 Å². The molecule has 1 saturated heterocycles. The van der Waals surface area contributed by atoms with Crippen LogP contribution < -0.4 is 5.73 Å². The van der Waals surface area contributed by atoms with Gasteiger partial charge in [-0.25, -0.2) is 0 Å². The lowest BCUT2D eigenvalue weighted by molar-refractivity contribution is -0.129. The van der Waals surface area contributed by atoms with E-state index in [9.17, 15) is 9.59 Å². The van der Waals surface area contributed by atoms with Crippen LogP contribution in [0.5, 0.6) is 0 Å². The topological polar surface area (TPSA) is 71.6 Å². The maximum Gasteiger partial charge on any atom is 0.271 e. The second-order valence-corrected chi connectivity index (χ2v) is 4.84. The fraction of sp³-hybridized carbons (Fsp3) is 0.538. The number of anilines is 1. The summed E-state index contributed by atoms with van der Waals surface area (Å²) in [5.41, 5.74) is 6.86. The Kier molecular flexibility index (Phi) is 3.78. The predicted molar refractivity (Wildman–Crippen MR) is 72.7 cm³/mol. The normalized spacial score (nSPS) is 16.6. The van der Waals surface area contributed by atoms with Gasteiger partial charge in [0.2, 0.25) is 5.91 Å². The summed E-state index contributed by atoms with van der Waals surface area (Å²) >= 11 is 0. The monoisotopic (exact) mass is 264 g/mol. The minimum atomic E-state index is -0.123. The van der Waals surface area contributed by atoms with Gasteiger partial charge in [0.25, 0.3) is 5.91 Å². The van der Waals surface area contributed by atoms with Crippen molar-refractivity contribution in [1.29, 1.82) is 0 Å². The van der Waals surface area contributed by atoms with E-state index >= 15 is 0 Å². The molecule has 6 nitrogen and oxygen atoms in total. The number of aryl methyl sites for hydroxylation is 1. The molecule has 1 aromatic heterocycles. The van der Waals surface area contributed by atoms with Gasteiger partial charge < -0.3 is 20.1 Å². The molecule has 19 heavy (non-hydrogen) atoms. The van der Waals surface area contributed by atoms with Gasteiger partial charge in [-0.3, -0.25) is 9.59 Å². The molecule has 6 heteroatoms. The van der Waals surface area contributed by atoms with Crippen LogP contribution in [0.1, 0.15) is 23.8 Å². The third kappa shape index (κ3) is 2.72. The van der Waals surface area contributed by atoms with E-state index in [0.717, 1.165) is 6.42 Å². The Balaban J connectivity index is 2.20. The number of nitrogens with zero attached hydrogens (tertiary/aromatic N) is 3. The van der Waals surface area contributed by atoms with Crippen LogP contribution in [0.15, 0.2) is 12.3 Å². The molecule has 0 aliphatic carbocycles. The van der Waals surface area contributed by atoms with Crippen molar-refractivity contribution in [1.82, 2.24) is 14.4 Å². The number of carbonyl (C=O) groups excluding carboxylic acids is 2. The molecular formula is C13H20N4O2. The fourth-order valence-electron chi connectivity index (χ4n) is 2.30. The van der Waals surface area contributed by atoms with E-state index in [2.05, 4.69) is 0 Å². The van der Waals surface area contributed by atoms with Gasteiger partial charge in [0, 0.05) is 32.9 Å². The van der Waals surface area contributed by atoms with Crippen molar-refractivity contribution in [2.24, 2.45) is 0 Å². The van der Waals surface area contributed by atoms with Gasteiger partial charge in [0.05, 0.1) is 5.69 Å². The SMILES string of the molecule is CCn1cc(N)cc1C(=O)N1CCCN(C)C(=O)C1. The molecule has 2 heterocycles. The van der Waals surface area contributed by atoms with Crippen LogP contribution in [0.4, 0.5) is 5.69 Å². The van der Waals surface area contributed by atoms with Gasteiger partial charge in [-0.1, -0.05) is 0 Å². The summed E-state index contributed by atoms with van der Waals surface area (Å²) in [6, 6.07) is 1.67. The molecule has 104 valence electrons. The zero-order valence-corrected chi connectivity index (χ0v) is 11.4. The Bertz CT molecular complexity index is 495. The van der Waals surface area contributed by atoms with Gasteiger partial charge in [-0.2, -0.15) is 0 Å². The van der Waals surface area contributed by atoms with Gasteiger partial charge in [-0.15, -0.1) is 0 Å². The number of hydrogen-bond acceptors (Lipinski definition) is 3. The van der Waals surface area contributed by atoms with Crippen LogP contribution in [0, 0.1) is 0 Å². The van der Waals surface area contributed by atoms with Crippen LogP contribution >= 0.6 is 0 Å². The molecule has 1 aromatic rings. The smallest absolute Gasteiger partial charge is 0.271 e. The molecule has 1 aliphatic rings. The van der Waals surface area contributed by atoms with Crippen molar-refractivity contribution >= 4 is 17.5 Å². The summed E-state index contributed by atoms with van der Waals surface area (Å²) in [5.74, 6) is -0.143. The molecule has 0 atom stereocenters. The Hall–Kier alpha value is -1.98. The minimum absolute atomic E-state index is 0.0200. The summed E-state index contributed by atoms with van der Waals surface area (Å²) in [6.07, 6.45) is 2.55. The molecule has 0 radical (unpaired) electrons. The predicted octanol–water partition coefficient (Wildman–Crippen LogP) is 0.395. The molecule has 0 saturated carbocycles. The Morgan fingerprint density at radius 2 is 2.16 bits per heavy atom. The van der Waals surface area contributed by atoms with E-state index in [4.69, 9.17) is 5.73 Å². The lowest BCUT2D eigenvalue weighted by Gasteiger charge is -2.20. The van der Waals surface area contributed by atoms with E-state index < -0.39 is 0 Å². The fourth-order valence-corrected chi connectivity index (χ4v) is 2.30. The molecule has 2 N–H and O–H groups in total. The van der Waals surface area contributed by atoms with E-state index in [1.807, 2.05) is 11.5 Å².